The van der Waals surface area contributed by atoms with E-state index >= 15 is 0 Å². The predicted octanol–water partition coefficient (Wildman–Crippen LogP) is 0.160. The van der Waals surface area contributed by atoms with Crippen LogP contribution in [-0.2, 0) is 9.59 Å². The van der Waals surface area contributed by atoms with Gasteiger partial charge in [-0.15, -0.1) is 0 Å². The highest BCUT2D eigenvalue weighted by Crippen LogP contribution is 2.19. The average molecular weight is 268 g/mol. The standard InChI is InChI=1S/C8H14N2O.C2HF3O2/c11-8-5-9-4-7-6(8)2-1-3-10-7;3-2(4,5)1(6)7/h6-7,9-10H,1-5H2;(H,6,7). The number of carboxylic acids is 1. The molecule has 5 nitrogen and oxygen atoms in total. The van der Waals surface area contributed by atoms with Crippen molar-refractivity contribution < 1.29 is 27.9 Å². The van der Waals surface area contributed by atoms with E-state index in [0.717, 1.165) is 25.9 Å². The van der Waals surface area contributed by atoms with E-state index in [1.54, 1.807) is 0 Å². The number of halogens is 3. The van der Waals surface area contributed by atoms with Crippen LogP contribution in [0.5, 0.6) is 0 Å². The Morgan fingerprint density at radius 1 is 1.39 bits per heavy atom. The van der Waals surface area contributed by atoms with Crippen LogP contribution in [0.25, 0.3) is 0 Å². The fraction of sp³-hybridized carbons (Fsp3) is 0.800. The first-order valence-corrected chi connectivity index (χ1v) is 5.59. The second-order valence-corrected chi connectivity index (χ2v) is 4.21. The minimum atomic E-state index is -5.08. The minimum absolute atomic E-state index is 0.310. The maximum atomic E-state index is 11.3. The lowest BCUT2D eigenvalue weighted by Crippen LogP contribution is -2.56. The fourth-order valence-electron chi connectivity index (χ4n) is 2.03. The molecule has 18 heavy (non-hydrogen) atoms. The molecule has 3 N–H and O–H groups in total. The maximum absolute atomic E-state index is 11.3. The van der Waals surface area contributed by atoms with E-state index in [-0.39, 0.29) is 0 Å². The molecule has 0 radical (unpaired) electrons. The molecular formula is C10H15F3N2O3. The molecule has 2 heterocycles. The molecule has 0 aromatic heterocycles. The summed E-state index contributed by atoms with van der Waals surface area (Å²) in [6.07, 6.45) is -2.83. The summed E-state index contributed by atoms with van der Waals surface area (Å²) in [6.45, 7) is 2.63. The number of ketones is 1. The van der Waals surface area contributed by atoms with Gasteiger partial charge in [0.05, 0.1) is 6.54 Å². The molecule has 0 aliphatic carbocycles. The summed E-state index contributed by atoms with van der Waals surface area (Å²) < 4.78 is 31.7. The van der Waals surface area contributed by atoms with Crippen LogP contribution in [0.15, 0.2) is 0 Å². The summed E-state index contributed by atoms with van der Waals surface area (Å²) in [4.78, 5) is 20.2. The van der Waals surface area contributed by atoms with Crippen molar-refractivity contribution in [2.24, 2.45) is 5.92 Å². The zero-order chi connectivity index (χ0) is 13.8. The molecule has 2 atom stereocenters. The van der Waals surface area contributed by atoms with Crippen LogP contribution < -0.4 is 10.6 Å². The summed E-state index contributed by atoms with van der Waals surface area (Å²) in [5, 5.41) is 13.6. The number of nitrogens with one attached hydrogen (secondary N) is 2. The zero-order valence-electron chi connectivity index (χ0n) is 9.59. The lowest BCUT2D eigenvalue weighted by molar-refractivity contribution is -0.192. The Morgan fingerprint density at radius 3 is 2.50 bits per heavy atom. The number of fused-ring (bicyclic) bond motifs is 1. The number of carboxylic acid groups (broad SMARTS) is 1. The van der Waals surface area contributed by atoms with Gasteiger partial charge in [0, 0.05) is 18.5 Å². The number of Topliss-reactive ketones (excluding diaryl/α,β-unsaturated/α-hetero) is 1. The Hall–Kier alpha value is -1.15. The number of hydrogen-bond acceptors (Lipinski definition) is 4. The third-order valence-electron chi connectivity index (χ3n) is 2.90. The van der Waals surface area contributed by atoms with Gasteiger partial charge in [-0.2, -0.15) is 13.2 Å². The Balaban J connectivity index is 0.000000203. The average Bonchev–Trinajstić information content (AvgIpc) is 2.29. The molecule has 2 aliphatic heterocycles. The highest BCUT2D eigenvalue weighted by atomic mass is 19.4. The van der Waals surface area contributed by atoms with Crippen LogP contribution in [0.4, 0.5) is 13.2 Å². The van der Waals surface area contributed by atoms with Crippen molar-refractivity contribution in [2.45, 2.75) is 25.1 Å². The van der Waals surface area contributed by atoms with Gasteiger partial charge >= 0.3 is 12.1 Å². The summed E-state index contributed by atoms with van der Waals surface area (Å²) in [6, 6.07) is 0.421. The minimum Gasteiger partial charge on any atom is -0.475 e. The van der Waals surface area contributed by atoms with Crippen molar-refractivity contribution in [3.8, 4) is 0 Å². The van der Waals surface area contributed by atoms with Gasteiger partial charge in [0.25, 0.3) is 0 Å². The molecule has 2 aliphatic rings. The molecule has 2 unspecified atom stereocenters. The largest absolute Gasteiger partial charge is 0.490 e. The lowest BCUT2D eigenvalue weighted by atomic mass is 9.85. The first-order valence-electron chi connectivity index (χ1n) is 5.59. The van der Waals surface area contributed by atoms with E-state index in [1.165, 1.54) is 0 Å². The van der Waals surface area contributed by atoms with E-state index < -0.39 is 12.1 Å². The van der Waals surface area contributed by atoms with Gasteiger partial charge in [-0.3, -0.25) is 4.79 Å². The molecule has 0 amide bonds. The van der Waals surface area contributed by atoms with E-state index in [9.17, 15) is 18.0 Å². The molecule has 2 saturated heterocycles. The molecular weight excluding hydrogens is 253 g/mol. The maximum Gasteiger partial charge on any atom is 0.490 e. The summed E-state index contributed by atoms with van der Waals surface area (Å²) >= 11 is 0. The number of rotatable bonds is 0. The highest BCUT2D eigenvalue weighted by Gasteiger charge is 2.38. The number of carbonyl (C=O) groups excluding carboxylic acids is 1. The quantitative estimate of drug-likeness (QED) is 0.583. The first-order chi connectivity index (χ1) is 8.32. The van der Waals surface area contributed by atoms with Gasteiger partial charge in [0.15, 0.2) is 5.78 Å². The smallest absolute Gasteiger partial charge is 0.475 e. The number of carbonyl (C=O) groups is 2. The van der Waals surface area contributed by atoms with Crippen LogP contribution >= 0.6 is 0 Å². The van der Waals surface area contributed by atoms with Gasteiger partial charge in [-0.1, -0.05) is 0 Å². The molecule has 2 fully saturated rings. The van der Waals surface area contributed by atoms with Crippen molar-refractivity contribution in [1.82, 2.24) is 10.6 Å². The van der Waals surface area contributed by atoms with Crippen molar-refractivity contribution in [3.63, 3.8) is 0 Å². The van der Waals surface area contributed by atoms with Crippen molar-refractivity contribution in [3.05, 3.63) is 0 Å². The molecule has 0 aromatic carbocycles. The Kier molecular flexibility index (Phi) is 5.09. The zero-order valence-corrected chi connectivity index (χ0v) is 9.59. The lowest BCUT2D eigenvalue weighted by Gasteiger charge is -2.35. The molecule has 104 valence electrons. The van der Waals surface area contributed by atoms with Crippen molar-refractivity contribution in [2.75, 3.05) is 19.6 Å². The topological polar surface area (TPSA) is 78.4 Å². The summed E-state index contributed by atoms with van der Waals surface area (Å²) in [7, 11) is 0. The summed E-state index contributed by atoms with van der Waals surface area (Å²) in [5.74, 6) is -2.05. The van der Waals surface area contributed by atoms with Crippen molar-refractivity contribution in [1.29, 1.82) is 0 Å². The Labute approximate surface area is 102 Å². The Morgan fingerprint density at radius 2 is 2.00 bits per heavy atom. The molecule has 2 rings (SSSR count). The normalized spacial score (nSPS) is 27.8. The number of alkyl halides is 3. The monoisotopic (exact) mass is 268 g/mol. The molecule has 0 bridgehead atoms. The van der Waals surface area contributed by atoms with E-state index in [0.29, 0.717) is 24.3 Å². The van der Waals surface area contributed by atoms with Gasteiger partial charge in [-0.25, -0.2) is 4.79 Å². The predicted molar refractivity (Wildman–Crippen MR) is 56.1 cm³/mol. The van der Waals surface area contributed by atoms with E-state index in [2.05, 4.69) is 10.6 Å². The van der Waals surface area contributed by atoms with Crippen LogP contribution in [0.1, 0.15) is 12.8 Å². The molecule has 8 heteroatoms. The van der Waals surface area contributed by atoms with Gasteiger partial charge in [0.1, 0.15) is 0 Å². The highest BCUT2D eigenvalue weighted by molar-refractivity contribution is 5.84. The van der Waals surface area contributed by atoms with Crippen LogP contribution in [0.3, 0.4) is 0 Å². The van der Waals surface area contributed by atoms with E-state index in [1.807, 2.05) is 0 Å². The second-order valence-electron chi connectivity index (χ2n) is 4.21. The SMILES string of the molecule is O=C(O)C(F)(F)F.O=C1CNCC2NCCCC12. The van der Waals surface area contributed by atoms with Crippen molar-refractivity contribution >= 4 is 11.8 Å². The van der Waals surface area contributed by atoms with Gasteiger partial charge in [-0.05, 0) is 19.4 Å². The number of piperidine rings is 2. The first kappa shape index (κ1) is 14.9. The van der Waals surface area contributed by atoms with Crippen LogP contribution in [0.2, 0.25) is 0 Å². The fourth-order valence-corrected chi connectivity index (χ4v) is 2.03. The van der Waals surface area contributed by atoms with Crippen LogP contribution in [-0.4, -0.2) is 48.7 Å². The Bertz CT molecular complexity index is 318. The molecule has 0 saturated carbocycles. The molecule has 0 spiro atoms. The second kappa shape index (κ2) is 6.14. The number of hydrogen-bond donors (Lipinski definition) is 3. The third-order valence-corrected chi connectivity index (χ3v) is 2.90. The van der Waals surface area contributed by atoms with Gasteiger partial charge in [0.2, 0.25) is 0 Å². The number of aliphatic carboxylic acids is 1. The van der Waals surface area contributed by atoms with Gasteiger partial charge < -0.3 is 15.7 Å². The van der Waals surface area contributed by atoms with Crippen LogP contribution in [0, 0.1) is 5.92 Å². The third kappa shape index (κ3) is 4.26. The molecule has 0 aromatic rings. The van der Waals surface area contributed by atoms with E-state index in [4.69, 9.17) is 9.90 Å². The summed E-state index contributed by atoms with van der Waals surface area (Å²) in [5.41, 5.74) is 0.